The van der Waals surface area contributed by atoms with Gasteiger partial charge in [-0.25, -0.2) is 0 Å². The predicted octanol–water partition coefficient (Wildman–Crippen LogP) is 4.55. The second kappa shape index (κ2) is 9.09. The lowest BCUT2D eigenvalue weighted by molar-refractivity contribution is 0.275. The van der Waals surface area contributed by atoms with Crippen LogP contribution in [0.15, 0.2) is 10.1 Å². The number of hydrogen-bond donors (Lipinski definition) is 0. The van der Waals surface area contributed by atoms with Gasteiger partial charge in [-0.1, -0.05) is 49.1 Å². The fourth-order valence-corrected chi connectivity index (χ4v) is 7.71. The maximum absolute atomic E-state index is 5.83. The molecule has 2 unspecified atom stereocenters. The molecule has 9 heteroatoms. The first-order valence-corrected chi connectivity index (χ1v) is 13.3. The van der Waals surface area contributed by atoms with E-state index in [2.05, 4.69) is 35.8 Å². The minimum absolute atomic E-state index is 0.271. The third-order valence-electron chi connectivity index (χ3n) is 3.36. The summed E-state index contributed by atoms with van der Waals surface area (Å²) < 4.78 is 11.6. The van der Waals surface area contributed by atoms with Gasteiger partial charge < -0.3 is 14.0 Å². The number of fused-ring (bicyclic) bond motifs is 1. The molecule has 0 radical (unpaired) electrons. The highest BCUT2D eigenvalue weighted by molar-refractivity contribution is 8.67. The fraction of sp³-hybridized carbons (Fsp3) is 0.857. The molecule has 0 aliphatic carbocycles. The molecule has 2 rings (SSSR count). The summed E-state index contributed by atoms with van der Waals surface area (Å²) in [6.45, 7) is 10.9. The average molecular weight is 396 g/mol. The maximum Gasteiger partial charge on any atom is 0.322 e. The second-order valence-electron chi connectivity index (χ2n) is 5.68. The van der Waals surface area contributed by atoms with E-state index in [4.69, 9.17) is 21.0 Å². The van der Waals surface area contributed by atoms with Gasteiger partial charge in [-0.05, 0) is 37.5 Å². The summed E-state index contributed by atoms with van der Waals surface area (Å²) in [6.07, 6.45) is 2.10. The molecule has 1 fully saturated rings. The van der Waals surface area contributed by atoms with Crippen LogP contribution in [0.4, 0.5) is 0 Å². The number of hydrogen-bond acceptors (Lipinski definition) is 7. The van der Waals surface area contributed by atoms with Crippen LogP contribution in [0.5, 0.6) is 0 Å². The summed E-state index contributed by atoms with van der Waals surface area (Å²) in [4.78, 5) is 6.81. The Kier molecular flexibility index (Phi) is 7.73. The molecule has 0 amide bonds. The Morgan fingerprint density at radius 2 is 2.30 bits per heavy atom. The highest BCUT2D eigenvalue weighted by Crippen LogP contribution is 2.61. The van der Waals surface area contributed by atoms with Gasteiger partial charge in [-0.3, -0.25) is 4.99 Å². The van der Waals surface area contributed by atoms with Crippen LogP contribution >= 0.6 is 28.8 Å². The fourth-order valence-electron chi connectivity index (χ4n) is 2.29. The Balaban J connectivity index is 2.18. The second-order valence-corrected chi connectivity index (χ2v) is 13.1. The highest BCUT2D eigenvalue weighted by Gasteiger charge is 2.39. The summed E-state index contributed by atoms with van der Waals surface area (Å²) >= 11 is 9.00. The zero-order valence-electron chi connectivity index (χ0n) is 14.2. The van der Waals surface area contributed by atoms with Crippen LogP contribution in [0.1, 0.15) is 40.5 Å². The van der Waals surface area contributed by atoms with E-state index in [0.29, 0.717) is 12.5 Å². The number of rotatable bonds is 8. The zero-order chi connectivity index (χ0) is 16.9. The molecular weight excluding hydrogens is 369 g/mol. The van der Waals surface area contributed by atoms with Crippen molar-refractivity contribution in [1.82, 2.24) is 4.90 Å². The Morgan fingerprint density at radius 1 is 1.52 bits per heavy atom. The van der Waals surface area contributed by atoms with Crippen LogP contribution in [0, 0.1) is 5.92 Å². The van der Waals surface area contributed by atoms with Gasteiger partial charge in [0.1, 0.15) is 0 Å². The van der Waals surface area contributed by atoms with Crippen LogP contribution in [-0.4, -0.2) is 46.6 Å². The van der Waals surface area contributed by atoms with Crippen molar-refractivity contribution in [2.24, 2.45) is 16.1 Å². The van der Waals surface area contributed by atoms with Crippen molar-refractivity contribution in [3.63, 3.8) is 0 Å². The largest absolute Gasteiger partial charge is 0.328 e. The van der Waals surface area contributed by atoms with Gasteiger partial charge in [-0.15, -0.1) is 0 Å². The molecule has 2 heterocycles. The third-order valence-corrected chi connectivity index (χ3v) is 10.2. The normalized spacial score (nSPS) is 25.4. The molecule has 0 saturated carbocycles. The van der Waals surface area contributed by atoms with Crippen LogP contribution in [-0.2, 0) is 21.0 Å². The number of nitrogens with zero attached hydrogens (tertiary/aromatic N) is 3. The molecule has 2 aliphatic heterocycles. The SMILES string of the molecule is CCCSP(=S)(OCC)ON=C1C(C(C)C)SC2=NCCCN21. The number of amidine groups is 2. The topological polar surface area (TPSA) is 46.4 Å². The van der Waals surface area contributed by atoms with Crippen molar-refractivity contribution in [1.29, 1.82) is 0 Å². The summed E-state index contributed by atoms with van der Waals surface area (Å²) in [5.41, 5.74) is -2.41. The van der Waals surface area contributed by atoms with E-state index >= 15 is 0 Å². The molecule has 1 saturated heterocycles. The Bertz CT molecular complexity index is 513. The summed E-state index contributed by atoms with van der Waals surface area (Å²) in [6, 6.07) is 0. The van der Waals surface area contributed by atoms with E-state index in [-0.39, 0.29) is 5.25 Å². The third kappa shape index (κ3) is 5.11. The van der Waals surface area contributed by atoms with E-state index in [9.17, 15) is 0 Å². The molecule has 0 N–H and O–H groups in total. The predicted molar refractivity (Wildman–Crippen MR) is 107 cm³/mol. The monoisotopic (exact) mass is 395 g/mol. The first kappa shape index (κ1) is 19.6. The molecule has 0 bridgehead atoms. The van der Waals surface area contributed by atoms with Crippen molar-refractivity contribution in [3.05, 3.63) is 0 Å². The van der Waals surface area contributed by atoms with Gasteiger partial charge in [0.05, 0.1) is 11.9 Å². The Hall–Kier alpha value is 0.250. The lowest BCUT2D eigenvalue weighted by Gasteiger charge is -2.24. The van der Waals surface area contributed by atoms with E-state index in [1.54, 1.807) is 23.1 Å². The number of oxime groups is 1. The molecule has 23 heavy (non-hydrogen) atoms. The average Bonchev–Trinajstić information content (AvgIpc) is 2.90. The lowest BCUT2D eigenvalue weighted by atomic mass is 10.1. The summed E-state index contributed by atoms with van der Waals surface area (Å²) in [5, 5.41) is 5.84. The van der Waals surface area contributed by atoms with Gasteiger partial charge in [0.2, 0.25) is 0 Å². The van der Waals surface area contributed by atoms with Crippen molar-refractivity contribution in [3.8, 4) is 0 Å². The summed E-state index contributed by atoms with van der Waals surface area (Å²) in [7, 11) is 0. The number of aliphatic imine (C=N–C) groups is 1. The highest BCUT2D eigenvalue weighted by atomic mass is 32.9. The van der Waals surface area contributed by atoms with E-state index in [1.165, 1.54) is 0 Å². The maximum atomic E-state index is 5.83. The van der Waals surface area contributed by atoms with Crippen molar-refractivity contribution in [2.45, 2.75) is 45.8 Å². The quantitative estimate of drug-likeness (QED) is 0.444. The Labute approximate surface area is 152 Å². The smallest absolute Gasteiger partial charge is 0.322 e. The minimum Gasteiger partial charge on any atom is -0.328 e. The van der Waals surface area contributed by atoms with E-state index in [0.717, 1.165) is 42.7 Å². The van der Waals surface area contributed by atoms with Gasteiger partial charge >= 0.3 is 5.69 Å². The van der Waals surface area contributed by atoms with Crippen molar-refractivity contribution >= 4 is 51.6 Å². The first-order chi connectivity index (χ1) is 11.0. The molecule has 5 nitrogen and oxygen atoms in total. The standard InChI is InChI=1S/C14H26N3O2PS3/c1-5-10-22-20(21,18-6-2)19-16-13-12(11(3)4)23-14-15-8-7-9-17(13)14/h11-12H,5-10H2,1-4H3. The molecule has 0 aromatic rings. The molecule has 0 aromatic carbocycles. The summed E-state index contributed by atoms with van der Waals surface area (Å²) in [5.74, 6) is 2.35. The van der Waals surface area contributed by atoms with E-state index in [1.807, 2.05) is 6.92 Å². The van der Waals surface area contributed by atoms with Crippen LogP contribution in [0.25, 0.3) is 0 Å². The molecule has 2 aliphatic rings. The van der Waals surface area contributed by atoms with Gasteiger partial charge in [-0.2, -0.15) is 0 Å². The molecular formula is C14H26N3O2PS3. The van der Waals surface area contributed by atoms with Gasteiger partial charge in [0.25, 0.3) is 0 Å². The zero-order valence-corrected chi connectivity index (χ0v) is 17.6. The lowest BCUT2D eigenvalue weighted by Crippen LogP contribution is -2.37. The van der Waals surface area contributed by atoms with E-state index < -0.39 is 5.69 Å². The molecule has 0 spiro atoms. The minimum atomic E-state index is -2.41. The molecule has 132 valence electrons. The Morgan fingerprint density at radius 3 is 2.96 bits per heavy atom. The molecule has 2 atom stereocenters. The van der Waals surface area contributed by atoms with Crippen molar-refractivity contribution < 1.29 is 9.15 Å². The van der Waals surface area contributed by atoms with Crippen molar-refractivity contribution in [2.75, 3.05) is 25.4 Å². The van der Waals surface area contributed by atoms with Crippen LogP contribution in [0.2, 0.25) is 0 Å². The van der Waals surface area contributed by atoms with Crippen LogP contribution in [0.3, 0.4) is 0 Å². The van der Waals surface area contributed by atoms with Gasteiger partial charge in [0, 0.05) is 18.8 Å². The molecule has 0 aromatic heterocycles. The first-order valence-electron chi connectivity index (χ1n) is 8.15. The van der Waals surface area contributed by atoms with Gasteiger partial charge in [0.15, 0.2) is 11.0 Å². The van der Waals surface area contributed by atoms with Crippen LogP contribution < -0.4 is 0 Å². The number of thioether (sulfide) groups is 1.